The summed E-state index contributed by atoms with van der Waals surface area (Å²) in [6, 6.07) is 5.69. The summed E-state index contributed by atoms with van der Waals surface area (Å²) in [4.78, 5) is 10.9. The molecule has 0 fully saturated rings. The number of carboxylic acid groups (broad SMARTS) is 1. The largest absolute Gasteiger partial charge is 0.494 e. The summed E-state index contributed by atoms with van der Waals surface area (Å²) >= 11 is 0. The van der Waals surface area contributed by atoms with Gasteiger partial charge in [-0.05, 0) is 25.0 Å². The maximum Gasteiger partial charge on any atom is 0.304 e. The van der Waals surface area contributed by atoms with Crippen LogP contribution in [0, 0.1) is 0 Å². The second-order valence-corrected chi connectivity index (χ2v) is 4.33. The van der Waals surface area contributed by atoms with Crippen LogP contribution in [0.4, 0.5) is 0 Å². The van der Waals surface area contributed by atoms with E-state index in [0.29, 0.717) is 6.61 Å². The first-order valence-electron chi connectivity index (χ1n) is 5.85. The first-order valence-corrected chi connectivity index (χ1v) is 5.85. The summed E-state index contributed by atoms with van der Waals surface area (Å²) in [6.07, 6.45) is 0.798. The van der Waals surface area contributed by atoms with Crippen molar-refractivity contribution >= 4 is 5.97 Å². The highest BCUT2D eigenvalue weighted by atomic mass is 16.5. The molecule has 1 aromatic rings. The predicted molar refractivity (Wildman–Crippen MR) is 64.3 cm³/mol. The average molecular weight is 235 g/mol. The molecule has 92 valence electrons. The Morgan fingerprint density at radius 1 is 1.59 bits per heavy atom. The van der Waals surface area contributed by atoms with E-state index in [-0.39, 0.29) is 18.4 Å². The first-order chi connectivity index (χ1) is 8.13. The molecule has 4 heteroatoms. The minimum Gasteiger partial charge on any atom is -0.494 e. The van der Waals surface area contributed by atoms with Crippen molar-refractivity contribution in [2.75, 3.05) is 6.61 Å². The van der Waals surface area contributed by atoms with Gasteiger partial charge in [0.2, 0.25) is 0 Å². The van der Waals surface area contributed by atoms with Crippen molar-refractivity contribution in [3.63, 3.8) is 0 Å². The molecule has 0 bridgehead atoms. The SMILES string of the molecule is CCOc1cccc2c1C(CC(=O)O)C(N)C2. The normalized spacial score (nSPS) is 22.2. The van der Waals surface area contributed by atoms with Crippen molar-refractivity contribution < 1.29 is 14.6 Å². The molecule has 2 rings (SSSR count). The Bertz CT molecular complexity index is 431. The van der Waals surface area contributed by atoms with Crippen LogP contribution in [0.1, 0.15) is 30.4 Å². The Morgan fingerprint density at radius 3 is 3.00 bits per heavy atom. The molecular weight excluding hydrogens is 218 g/mol. The number of ether oxygens (including phenoxy) is 1. The van der Waals surface area contributed by atoms with Crippen LogP contribution in [0.2, 0.25) is 0 Å². The van der Waals surface area contributed by atoms with Gasteiger partial charge in [-0.1, -0.05) is 12.1 Å². The molecule has 0 aromatic heterocycles. The smallest absolute Gasteiger partial charge is 0.304 e. The van der Waals surface area contributed by atoms with Gasteiger partial charge in [0.1, 0.15) is 5.75 Å². The van der Waals surface area contributed by atoms with Crippen LogP contribution < -0.4 is 10.5 Å². The van der Waals surface area contributed by atoms with Crippen molar-refractivity contribution in [2.45, 2.75) is 31.7 Å². The summed E-state index contributed by atoms with van der Waals surface area (Å²) < 4.78 is 5.56. The lowest BCUT2D eigenvalue weighted by Gasteiger charge is -2.17. The highest BCUT2D eigenvalue weighted by Crippen LogP contribution is 2.40. The van der Waals surface area contributed by atoms with E-state index in [1.165, 1.54) is 0 Å². The zero-order valence-electron chi connectivity index (χ0n) is 9.85. The number of nitrogens with two attached hydrogens (primary N) is 1. The van der Waals surface area contributed by atoms with Crippen molar-refractivity contribution in [3.05, 3.63) is 29.3 Å². The second kappa shape index (κ2) is 4.75. The van der Waals surface area contributed by atoms with Crippen LogP contribution >= 0.6 is 0 Å². The van der Waals surface area contributed by atoms with E-state index in [1.54, 1.807) is 0 Å². The van der Waals surface area contributed by atoms with Gasteiger partial charge in [0.15, 0.2) is 0 Å². The lowest BCUT2D eigenvalue weighted by Crippen LogP contribution is -2.26. The molecule has 0 saturated heterocycles. The summed E-state index contributed by atoms with van der Waals surface area (Å²) in [5.74, 6) is -0.168. The van der Waals surface area contributed by atoms with E-state index in [1.807, 2.05) is 25.1 Å². The van der Waals surface area contributed by atoms with Crippen LogP contribution in [0.25, 0.3) is 0 Å². The summed E-state index contributed by atoms with van der Waals surface area (Å²) in [7, 11) is 0. The average Bonchev–Trinajstić information content (AvgIpc) is 2.56. The Kier molecular flexibility index (Phi) is 3.33. The van der Waals surface area contributed by atoms with Gasteiger partial charge in [-0.3, -0.25) is 4.79 Å². The monoisotopic (exact) mass is 235 g/mol. The van der Waals surface area contributed by atoms with Crippen LogP contribution in [-0.4, -0.2) is 23.7 Å². The Balaban J connectivity index is 2.37. The second-order valence-electron chi connectivity index (χ2n) is 4.33. The van der Waals surface area contributed by atoms with Gasteiger partial charge in [0.05, 0.1) is 13.0 Å². The number of aliphatic carboxylic acids is 1. The van der Waals surface area contributed by atoms with Crippen molar-refractivity contribution in [2.24, 2.45) is 5.73 Å². The number of fused-ring (bicyclic) bond motifs is 1. The van der Waals surface area contributed by atoms with E-state index >= 15 is 0 Å². The van der Waals surface area contributed by atoms with Crippen LogP contribution in [-0.2, 0) is 11.2 Å². The maximum absolute atomic E-state index is 10.9. The molecule has 0 heterocycles. The lowest BCUT2D eigenvalue weighted by atomic mass is 9.94. The molecule has 1 aliphatic rings. The molecule has 2 atom stereocenters. The molecule has 0 amide bonds. The third-order valence-electron chi connectivity index (χ3n) is 3.19. The lowest BCUT2D eigenvalue weighted by molar-refractivity contribution is -0.137. The minimum atomic E-state index is -0.815. The molecule has 0 radical (unpaired) electrons. The van der Waals surface area contributed by atoms with Gasteiger partial charge in [0, 0.05) is 17.5 Å². The van der Waals surface area contributed by atoms with Crippen molar-refractivity contribution in [3.8, 4) is 5.75 Å². The van der Waals surface area contributed by atoms with E-state index in [0.717, 1.165) is 23.3 Å². The fourth-order valence-corrected chi connectivity index (χ4v) is 2.52. The standard InChI is InChI=1S/C13H17NO3/c1-2-17-11-5-3-4-8-6-10(14)9(13(8)11)7-12(15)16/h3-5,9-10H,2,6-7,14H2,1H3,(H,15,16). The van der Waals surface area contributed by atoms with E-state index in [9.17, 15) is 4.79 Å². The minimum absolute atomic E-state index is 0.0677. The summed E-state index contributed by atoms with van der Waals surface area (Å²) in [6.45, 7) is 2.49. The summed E-state index contributed by atoms with van der Waals surface area (Å²) in [5, 5.41) is 8.94. The van der Waals surface area contributed by atoms with Gasteiger partial charge < -0.3 is 15.6 Å². The van der Waals surface area contributed by atoms with Gasteiger partial charge in [-0.2, -0.15) is 0 Å². The zero-order valence-corrected chi connectivity index (χ0v) is 9.85. The molecule has 0 saturated carbocycles. The Morgan fingerprint density at radius 2 is 2.35 bits per heavy atom. The van der Waals surface area contributed by atoms with Crippen molar-refractivity contribution in [1.29, 1.82) is 0 Å². The van der Waals surface area contributed by atoms with Gasteiger partial charge in [-0.25, -0.2) is 0 Å². The van der Waals surface area contributed by atoms with Gasteiger partial charge in [-0.15, -0.1) is 0 Å². The number of carbonyl (C=O) groups is 1. The maximum atomic E-state index is 10.9. The number of hydrogen-bond acceptors (Lipinski definition) is 3. The molecule has 0 aliphatic heterocycles. The van der Waals surface area contributed by atoms with Crippen molar-refractivity contribution in [1.82, 2.24) is 0 Å². The van der Waals surface area contributed by atoms with Crippen LogP contribution in [0.5, 0.6) is 5.75 Å². The Hall–Kier alpha value is -1.55. The quantitative estimate of drug-likeness (QED) is 0.830. The molecule has 1 aliphatic carbocycles. The molecular formula is C13H17NO3. The highest BCUT2D eigenvalue weighted by Gasteiger charge is 2.34. The molecule has 3 N–H and O–H groups in total. The fourth-order valence-electron chi connectivity index (χ4n) is 2.52. The molecule has 0 spiro atoms. The van der Waals surface area contributed by atoms with Crippen LogP contribution in [0.15, 0.2) is 18.2 Å². The third kappa shape index (κ3) is 2.26. The van der Waals surface area contributed by atoms with E-state index in [4.69, 9.17) is 15.6 Å². The topological polar surface area (TPSA) is 72.5 Å². The fraction of sp³-hybridized carbons (Fsp3) is 0.462. The number of rotatable bonds is 4. The molecule has 1 aromatic carbocycles. The Labute approximate surface area is 100 Å². The third-order valence-corrected chi connectivity index (χ3v) is 3.19. The summed E-state index contributed by atoms with van der Waals surface area (Å²) in [5.41, 5.74) is 8.13. The first kappa shape index (κ1) is 11.9. The van der Waals surface area contributed by atoms with E-state index < -0.39 is 5.97 Å². The molecule has 2 unspecified atom stereocenters. The van der Waals surface area contributed by atoms with Gasteiger partial charge in [0.25, 0.3) is 0 Å². The van der Waals surface area contributed by atoms with Crippen LogP contribution in [0.3, 0.4) is 0 Å². The molecule has 4 nitrogen and oxygen atoms in total. The number of carboxylic acids is 1. The van der Waals surface area contributed by atoms with E-state index in [2.05, 4.69) is 0 Å². The number of hydrogen-bond donors (Lipinski definition) is 2. The molecule has 17 heavy (non-hydrogen) atoms. The highest BCUT2D eigenvalue weighted by molar-refractivity contribution is 5.69. The predicted octanol–water partition coefficient (Wildman–Crippen LogP) is 1.53. The number of benzene rings is 1. The zero-order chi connectivity index (χ0) is 12.4. The van der Waals surface area contributed by atoms with Gasteiger partial charge >= 0.3 is 5.97 Å².